The number of nitrogens with two attached hydrogens (primary N) is 1. The Labute approximate surface area is 116 Å². The number of hydrogen-bond donors (Lipinski definition) is 2. The van der Waals surface area contributed by atoms with Gasteiger partial charge in [-0.2, -0.15) is 0 Å². The van der Waals surface area contributed by atoms with Gasteiger partial charge in [0.1, 0.15) is 17.2 Å². The van der Waals surface area contributed by atoms with Crippen molar-refractivity contribution in [2.45, 2.75) is 20.0 Å². The summed E-state index contributed by atoms with van der Waals surface area (Å²) in [6.07, 6.45) is 1.66. The maximum Gasteiger partial charge on any atom is 0.192 e. The van der Waals surface area contributed by atoms with E-state index in [9.17, 15) is 0 Å². The van der Waals surface area contributed by atoms with Crippen LogP contribution < -0.4 is 11.1 Å². The zero-order valence-corrected chi connectivity index (χ0v) is 11.1. The molecule has 0 atom stereocenters. The number of aromatic nitrogens is 3. The fourth-order valence-corrected chi connectivity index (χ4v) is 2.02. The molecule has 0 bridgehead atoms. The van der Waals surface area contributed by atoms with E-state index >= 15 is 0 Å². The molecular formula is C14H15N5O. The molecular weight excluding hydrogens is 254 g/mol. The molecule has 0 amide bonds. The van der Waals surface area contributed by atoms with Crippen LogP contribution in [0.3, 0.4) is 0 Å². The molecule has 0 radical (unpaired) electrons. The highest BCUT2D eigenvalue weighted by atomic mass is 16.3. The molecule has 0 aliphatic carbocycles. The van der Waals surface area contributed by atoms with Crippen molar-refractivity contribution in [2.75, 3.05) is 5.73 Å². The Kier molecular flexibility index (Phi) is 3.30. The van der Waals surface area contributed by atoms with Gasteiger partial charge in [0.05, 0.1) is 6.54 Å². The number of aryl methyl sites for hydroxylation is 1. The second kappa shape index (κ2) is 5.26. The standard InChI is InChI=1S/C14H15N5O/c1-9-18-11-6-10(2-3-12(11)20-9)7-16-8-14-17-5-4-13(15)19-14/h2-6,16H,7-8H2,1H3,(H2,15,17,19). The van der Waals surface area contributed by atoms with Crippen LogP contribution in [0.15, 0.2) is 34.9 Å². The molecule has 6 nitrogen and oxygen atoms in total. The highest BCUT2D eigenvalue weighted by molar-refractivity contribution is 5.73. The number of oxazole rings is 1. The number of nitrogen functional groups attached to an aromatic ring is 1. The van der Waals surface area contributed by atoms with Gasteiger partial charge < -0.3 is 15.5 Å². The molecule has 2 aromatic heterocycles. The van der Waals surface area contributed by atoms with Gasteiger partial charge in [0.15, 0.2) is 11.5 Å². The van der Waals surface area contributed by atoms with Crippen molar-refractivity contribution in [1.82, 2.24) is 20.3 Å². The van der Waals surface area contributed by atoms with Crippen molar-refractivity contribution in [2.24, 2.45) is 0 Å². The summed E-state index contributed by atoms with van der Waals surface area (Å²) in [6.45, 7) is 3.12. The predicted octanol–water partition coefficient (Wildman–Crippen LogP) is 1.80. The van der Waals surface area contributed by atoms with E-state index in [0.29, 0.717) is 30.6 Å². The summed E-state index contributed by atoms with van der Waals surface area (Å²) in [6, 6.07) is 7.63. The van der Waals surface area contributed by atoms with Gasteiger partial charge in [-0.1, -0.05) is 6.07 Å². The lowest BCUT2D eigenvalue weighted by Crippen LogP contribution is -2.15. The molecule has 0 spiro atoms. The molecule has 0 saturated carbocycles. The number of nitrogens with zero attached hydrogens (tertiary/aromatic N) is 3. The Hall–Kier alpha value is -2.47. The zero-order chi connectivity index (χ0) is 13.9. The Morgan fingerprint density at radius 3 is 2.95 bits per heavy atom. The van der Waals surface area contributed by atoms with E-state index in [1.165, 1.54) is 0 Å². The maximum atomic E-state index is 5.61. The molecule has 2 heterocycles. The van der Waals surface area contributed by atoms with Gasteiger partial charge in [-0.25, -0.2) is 15.0 Å². The van der Waals surface area contributed by atoms with Crippen molar-refractivity contribution in [3.63, 3.8) is 0 Å². The number of nitrogens with one attached hydrogen (secondary N) is 1. The fourth-order valence-electron chi connectivity index (χ4n) is 2.02. The largest absolute Gasteiger partial charge is 0.441 e. The first-order chi connectivity index (χ1) is 9.70. The van der Waals surface area contributed by atoms with E-state index in [1.807, 2.05) is 25.1 Å². The molecule has 0 saturated heterocycles. The number of rotatable bonds is 4. The Bertz CT molecular complexity index is 737. The van der Waals surface area contributed by atoms with E-state index in [0.717, 1.165) is 16.7 Å². The second-order valence-corrected chi connectivity index (χ2v) is 4.54. The van der Waals surface area contributed by atoms with Gasteiger partial charge in [0, 0.05) is 19.7 Å². The van der Waals surface area contributed by atoms with Gasteiger partial charge in [-0.05, 0) is 23.8 Å². The summed E-state index contributed by atoms with van der Waals surface area (Å²) >= 11 is 0. The number of hydrogen-bond acceptors (Lipinski definition) is 6. The average Bonchev–Trinajstić information content (AvgIpc) is 2.78. The van der Waals surface area contributed by atoms with Crippen molar-refractivity contribution in [3.05, 3.63) is 47.7 Å². The van der Waals surface area contributed by atoms with Crippen molar-refractivity contribution < 1.29 is 4.42 Å². The lowest BCUT2D eigenvalue weighted by molar-refractivity contribution is 0.561. The third-order valence-electron chi connectivity index (χ3n) is 2.90. The van der Waals surface area contributed by atoms with Crippen LogP contribution in [0, 0.1) is 6.92 Å². The van der Waals surface area contributed by atoms with Gasteiger partial charge >= 0.3 is 0 Å². The smallest absolute Gasteiger partial charge is 0.192 e. The average molecular weight is 269 g/mol. The molecule has 3 rings (SSSR count). The number of benzene rings is 1. The van der Waals surface area contributed by atoms with Gasteiger partial charge in [-0.3, -0.25) is 0 Å². The number of anilines is 1. The van der Waals surface area contributed by atoms with Crippen LogP contribution in [0.25, 0.3) is 11.1 Å². The van der Waals surface area contributed by atoms with Gasteiger partial charge in [0.2, 0.25) is 0 Å². The molecule has 6 heteroatoms. The van der Waals surface area contributed by atoms with Crippen molar-refractivity contribution in [1.29, 1.82) is 0 Å². The van der Waals surface area contributed by atoms with E-state index in [4.69, 9.17) is 10.2 Å². The monoisotopic (exact) mass is 269 g/mol. The molecule has 0 aliphatic heterocycles. The second-order valence-electron chi connectivity index (χ2n) is 4.54. The van der Waals surface area contributed by atoms with Crippen molar-refractivity contribution >= 4 is 16.9 Å². The van der Waals surface area contributed by atoms with Crippen molar-refractivity contribution in [3.8, 4) is 0 Å². The van der Waals surface area contributed by atoms with Crippen LogP contribution in [0.5, 0.6) is 0 Å². The summed E-state index contributed by atoms with van der Waals surface area (Å²) in [5, 5.41) is 3.28. The predicted molar refractivity (Wildman–Crippen MR) is 75.7 cm³/mol. The third kappa shape index (κ3) is 2.75. The minimum atomic E-state index is 0.483. The van der Waals surface area contributed by atoms with Crippen LogP contribution >= 0.6 is 0 Å². The topological polar surface area (TPSA) is 89.9 Å². The highest BCUT2D eigenvalue weighted by Gasteiger charge is 2.03. The zero-order valence-electron chi connectivity index (χ0n) is 11.1. The summed E-state index contributed by atoms with van der Waals surface area (Å²) in [5.41, 5.74) is 8.43. The molecule has 0 unspecified atom stereocenters. The minimum Gasteiger partial charge on any atom is -0.441 e. The number of fused-ring (bicyclic) bond motifs is 1. The maximum absolute atomic E-state index is 5.61. The fraction of sp³-hybridized carbons (Fsp3) is 0.214. The highest BCUT2D eigenvalue weighted by Crippen LogP contribution is 2.16. The lowest BCUT2D eigenvalue weighted by Gasteiger charge is -2.04. The molecule has 20 heavy (non-hydrogen) atoms. The van der Waals surface area contributed by atoms with Crippen LogP contribution in [-0.2, 0) is 13.1 Å². The first kappa shape index (κ1) is 12.6. The van der Waals surface area contributed by atoms with Gasteiger partial charge in [-0.15, -0.1) is 0 Å². The normalized spacial score (nSPS) is 11.1. The summed E-state index contributed by atoms with van der Waals surface area (Å²) in [4.78, 5) is 12.6. The SMILES string of the molecule is Cc1nc2cc(CNCc3nccc(N)n3)ccc2o1. The van der Waals surface area contributed by atoms with E-state index in [-0.39, 0.29) is 0 Å². The summed E-state index contributed by atoms with van der Waals surface area (Å²) < 4.78 is 5.44. The van der Waals surface area contributed by atoms with Crippen LogP contribution in [0.4, 0.5) is 5.82 Å². The Morgan fingerprint density at radius 1 is 1.20 bits per heavy atom. The first-order valence-corrected chi connectivity index (χ1v) is 6.35. The van der Waals surface area contributed by atoms with E-state index < -0.39 is 0 Å². The molecule has 3 aromatic rings. The molecule has 0 aliphatic rings. The quantitative estimate of drug-likeness (QED) is 0.750. The van der Waals surface area contributed by atoms with E-state index in [2.05, 4.69) is 20.3 Å². The van der Waals surface area contributed by atoms with Crippen LogP contribution in [0.1, 0.15) is 17.3 Å². The lowest BCUT2D eigenvalue weighted by atomic mass is 10.2. The summed E-state index contributed by atoms with van der Waals surface area (Å²) in [5.74, 6) is 1.85. The molecule has 0 fully saturated rings. The van der Waals surface area contributed by atoms with Crippen LogP contribution in [-0.4, -0.2) is 15.0 Å². The third-order valence-corrected chi connectivity index (χ3v) is 2.90. The molecule has 3 N–H and O–H groups in total. The molecule has 102 valence electrons. The summed E-state index contributed by atoms with van der Waals surface area (Å²) in [7, 11) is 0. The van der Waals surface area contributed by atoms with E-state index in [1.54, 1.807) is 12.3 Å². The Morgan fingerprint density at radius 2 is 2.10 bits per heavy atom. The minimum absolute atomic E-state index is 0.483. The van der Waals surface area contributed by atoms with Crippen LogP contribution in [0.2, 0.25) is 0 Å². The Balaban J connectivity index is 1.64. The first-order valence-electron chi connectivity index (χ1n) is 6.35. The molecule has 1 aromatic carbocycles. The van der Waals surface area contributed by atoms with Gasteiger partial charge in [0.25, 0.3) is 0 Å².